The van der Waals surface area contributed by atoms with Gasteiger partial charge >= 0.3 is 6.03 Å². The summed E-state index contributed by atoms with van der Waals surface area (Å²) in [6.45, 7) is 1.41. The van der Waals surface area contributed by atoms with Crippen molar-refractivity contribution in [3.05, 3.63) is 58.8 Å². The quantitative estimate of drug-likeness (QED) is 0.492. The molecule has 5 nitrogen and oxygen atoms in total. The summed E-state index contributed by atoms with van der Waals surface area (Å²) in [6, 6.07) is 11.1. The fourth-order valence-electron chi connectivity index (χ4n) is 2.27. The van der Waals surface area contributed by atoms with Crippen molar-refractivity contribution in [3.8, 4) is 0 Å². The minimum Gasteiger partial charge on any atom is -0.383 e. The Morgan fingerprint density at radius 1 is 1.21 bits per heavy atom. The minimum atomic E-state index is -0.0799. The molecule has 0 saturated heterocycles. The summed E-state index contributed by atoms with van der Waals surface area (Å²) < 4.78 is 0. The minimum absolute atomic E-state index is 0. The molecule has 1 aromatic carbocycles. The molecule has 0 spiro atoms. The molecule has 0 aliphatic carbocycles. The molecule has 2 aromatic rings. The van der Waals surface area contributed by atoms with Crippen LogP contribution in [0.1, 0.15) is 11.3 Å². The number of hydrogen-bond acceptors (Lipinski definition) is 3. The monoisotopic (exact) mass is 362 g/mol. The maximum Gasteiger partial charge on any atom is 0.322 e. The highest BCUT2D eigenvalue weighted by Crippen LogP contribution is 2.19. The molecule has 0 bridgehead atoms. The van der Waals surface area contributed by atoms with E-state index in [4.69, 9.17) is 5.73 Å². The van der Waals surface area contributed by atoms with Crippen molar-refractivity contribution in [3.63, 3.8) is 0 Å². The van der Waals surface area contributed by atoms with Crippen LogP contribution in [0, 0.1) is 0 Å². The van der Waals surface area contributed by atoms with Crippen molar-refractivity contribution in [1.82, 2.24) is 4.90 Å². The van der Waals surface area contributed by atoms with Crippen LogP contribution in [0.2, 0.25) is 0 Å². The maximum atomic E-state index is 12.1. The number of amides is 2. The topological polar surface area (TPSA) is 70.7 Å². The molecule has 3 N–H and O–H groups in total. The average Bonchev–Trinajstić information content (AvgIpc) is 3.12. The number of anilines is 1. The van der Waals surface area contributed by atoms with E-state index in [1.165, 1.54) is 0 Å². The van der Waals surface area contributed by atoms with E-state index in [0.29, 0.717) is 12.4 Å². The molecule has 0 saturated carbocycles. The Kier molecular flexibility index (Phi) is 6.40. The number of nitrogens with one attached hydrogen (secondary N) is 1. The van der Waals surface area contributed by atoms with Crippen molar-refractivity contribution in [2.24, 2.45) is 10.7 Å². The van der Waals surface area contributed by atoms with E-state index in [-0.39, 0.29) is 18.4 Å². The normalized spacial score (nSPS) is 14.2. The number of rotatable bonds is 3. The predicted molar refractivity (Wildman–Crippen MR) is 103 cm³/mol. The van der Waals surface area contributed by atoms with Gasteiger partial charge in [-0.1, -0.05) is 18.2 Å². The van der Waals surface area contributed by atoms with Gasteiger partial charge in [-0.05, 0) is 42.1 Å². The largest absolute Gasteiger partial charge is 0.383 e. The van der Waals surface area contributed by atoms with Gasteiger partial charge < -0.3 is 16.0 Å². The Bertz CT molecular complexity index is 726. The Morgan fingerprint density at radius 3 is 2.62 bits per heavy atom. The standard InChI is InChI=1S/C17H18N4OS.ClH/c18-16(15-5-4-12-23-15)19-13-6-8-14(9-7-13)20-17(22)21-10-2-1-3-11-21;/h1-2,4-9,12H,3,10-11H2,(H2,18,19)(H,20,22);1H. The number of halogens is 1. The van der Waals surface area contributed by atoms with Gasteiger partial charge in [-0.15, -0.1) is 23.7 Å². The molecule has 0 fully saturated rings. The average molecular weight is 363 g/mol. The predicted octanol–water partition coefficient (Wildman–Crippen LogP) is 4.00. The molecule has 24 heavy (non-hydrogen) atoms. The lowest BCUT2D eigenvalue weighted by molar-refractivity contribution is 0.216. The number of carbonyl (C=O) groups is 1. The SMILES string of the molecule is Cl.NC(=Nc1ccc(NC(=O)N2CC=CCC2)cc1)c1cccs1. The smallest absolute Gasteiger partial charge is 0.322 e. The second kappa shape index (κ2) is 8.52. The molecule has 126 valence electrons. The third-order valence-corrected chi connectivity index (χ3v) is 4.38. The molecule has 2 heterocycles. The third kappa shape index (κ3) is 4.59. The highest BCUT2D eigenvalue weighted by molar-refractivity contribution is 7.12. The van der Waals surface area contributed by atoms with Gasteiger partial charge in [0.05, 0.1) is 10.6 Å². The van der Waals surface area contributed by atoms with Crippen LogP contribution in [0.4, 0.5) is 16.2 Å². The Hall–Kier alpha value is -2.31. The van der Waals surface area contributed by atoms with Crippen LogP contribution in [0.3, 0.4) is 0 Å². The van der Waals surface area contributed by atoms with Crippen LogP contribution in [-0.4, -0.2) is 29.9 Å². The highest BCUT2D eigenvalue weighted by Gasteiger charge is 2.13. The van der Waals surface area contributed by atoms with Crippen molar-refractivity contribution in [1.29, 1.82) is 0 Å². The molecule has 1 aliphatic heterocycles. The summed E-state index contributed by atoms with van der Waals surface area (Å²) in [6.07, 6.45) is 5.01. The number of nitrogens with zero attached hydrogens (tertiary/aromatic N) is 2. The number of benzene rings is 1. The molecule has 1 aromatic heterocycles. The molecule has 2 amide bonds. The van der Waals surface area contributed by atoms with Gasteiger partial charge in [0.2, 0.25) is 0 Å². The Balaban J connectivity index is 0.00000208. The lowest BCUT2D eigenvalue weighted by atomic mass is 10.2. The fourth-order valence-corrected chi connectivity index (χ4v) is 2.89. The summed E-state index contributed by atoms with van der Waals surface area (Å²) in [7, 11) is 0. The first-order valence-electron chi connectivity index (χ1n) is 7.41. The van der Waals surface area contributed by atoms with Gasteiger partial charge in [-0.3, -0.25) is 0 Å². The molecule has 1 aliphatic rings. The summed E-state index contributed by atoms with van der Waals surface area (Å²) >= 11 is 1.55. The van der Waals surface area contributed by atoms with Gasteiger partial charge in [-0.25, -0.2) is 9.79 Å². The summed E-state index contributed by atoms with van der Waals surface area (Å²) in [5.74, 6) is 0.497. The Morgan fingerprint density at radius 2 is 2.00 bits per heavy atom. The number of thiophene rings is 1. The number of nitrogens with two attached hydrogens (primary N) is 1. The first kappa shape index (κ1) is 18.0. The van der Waals surface area contributed by atoms with Crippen molar-refractivity contribution >= 4 is 47.0 Å². The number of carbonyl (C=O) groups excluding carboxylic acids is 1. The van der Waals surface area contributed by atoms with E-state index >= 15 is 0 Å². The van der Waals surface area contributed by atoms with Crippen molar-refractivity contribution in [2.45, 2.75) is 6.42 Å². The lowest BCUT2D eigenvalue weighted by Gasteiger charge is -2.23. The van der Waals surface area contributed by atoms with Crippen LogP contribution in [0.25, 0.3) is 0 Å². The van der Waals surface area contributed by atoms with E-state index < -0.39 is 0 Å². The van der Waals surface area contributed by atoms with Gasteiger partial charge in [0.15, 0.2) is 0 Å². The summed E-state index contributed by atoms with van der Waals surface area (Å²) in [4.78, 5) is 19.2. The van der Waals surface area contributed by atoms with Crippen LogP contribution in [0.15, 0.2) is 58.9 Å². The maximum absolute atomic E-state index is 12.1. The number of hydrogen-bond donors (Lipinski definition) is 2. The zero-order valence-electron chi connectivity index (χ0n) is 13.0. The molecular formula is C17H19ClN4OS. The van der Waals surface area contributed by atoms with Crippen molar-refractivity contribution < 1.29 is 4.79 Å². The summed E-state index contributed by atoms with van der Waals surface area (Å²) in [5, 5.41) is 4.86. The van der Waals surface area contributed by atoms with Gasteiger partial charge in [0, 0.05) is 18.8 Å². The molecule has 7 heteroatoms. The van der Waals surface area contributed by atoms with Crippen LogP contribution in [0.5, 0.6) is 0 Å². The number of urea groups is 1. The van der Waals surface area contributed by atoms with E-state index in [9.17, 15) is 4.79 Å². The first-order valence-corrected chi connectivity index (χ1v) is 8.29. The first-order chi connectivity index (χ1) is 11.2. The van der Waals surface area contributed by atoms with E-state index in [1.807, 2.05) is 47.9 Å². The van der Waals surface area contributed by atoms with Gasteiger partial charge in [-0.2, -0.15) is 0 Å². The molecule has 3 rings (SSSR count). The third-order valence-electron chi connectivity index (χ3n) is 3.49. The fraction of sp³-hybridized carbons (Fsp3) is 0.176. The zero-order chi connectivity index (χ0) is 16.1. The Labute approximate surface area is 151 Å². The van der Waals surface area contributed by atoms with Crippen LogP contribution >= 0.6 is 23.7 Å². The second-order valence-corrected chi connectivity index (χ2v) is 6.11. The molecule has 0 atom stereocenters. The number of aliphatic imine (C=N–C) groups is 1. The second-order valence-electron chi connectivity index (χ2n) is 5.16. The van der Waals surface area contributed by atoms with E-state index in [2.05, 4.69) is 16.4 Å². The highest BCUT2D eigenvalue weighted by atomic mass is 35.5. The lowest BCUT2D eigenvalue weighted by Crippen LogP contribution is -2.37. The molecule has 0 unspecified atom stereocenters. The number of amidine groups is 1. The van der Waals surface area contributed by atoms with E-state index in [1.54, 1.807) is 16.2 Å². The van der Waals surface area contributed by atoms with Crippen LogP contribution in [-0.2, 0) is 0 Å². The molecular weight excluding hydrogens is 344 g/mol. The van der Waals surface area contributed by atoms with Crippen molar-refractivity contribution in [2.75, 3.05) is 18.4 Å². The van der Waals surface area contributed by atoms with Crippen LogP contribution < -0.4 is 11.1 Å². The van der Waals surface area contributed by atoms with Gasteiger partial charge in [0.1, 0.15) is 5.84 Å². The van der Waals surface area contributed by atoms with Gasteiger partial charge in [0.25, 0.3) is 0 Å². The molecule has 0 radical (unpaired) electrons. The summed E-state index contributed by atoms with van der Waals surface area (Å²) in [5.41, 5.74) is 7.47. The van der Waals surface area contributed by atoms with E-state index in [0.717, 1.165) is 29.2 Å². The zero-order valence-corrected chi connectivity index (χ0v) is 14.6.